The van der Waals surface area contributed by atoms with E-state index in [1.54, 1.807) is 23.6 Å². The molecule has 100 valence electrons. The molecule has 2 aromatic rings. The van der Waals surface area contributed by atoms with Crippen LogP contribution in [0.15, 0.2) is 35.8 Å². The van der Waals surface area contributed by atoms with Crippen molar-refractivity contribution in [2.75, 3.05) is 5.32 Å². The van der Waals surface area contributed by atoms with Gasteiger partial charge in [0.05, 0.1) is 6.04 Å². The molecule has 1 atom stereocenters. The number of hydrogen-bond acceptors (Lipinski definition) is 4. The first-order valence-corrected chi connectivity index (χ1v) is 7.14. The van der Waals surface area contributed by atoms with Crippen LogP contribution in [0.25, 0.3) is 0 Å². The van der Waals surface area contributed by atoms with Crippen molar-refractivity contribution in [2.45, 2.75) is 25.8 Å². The molecule has 5 heteroatoms. The first kappa shape index (κ1) is 13.5. The number of thiophene rings is 1. The van der Waals surface area contributed by atoms with Crippen LogP contribution in [-0.2, 0) is 0 Å². The standard InChI is InChI=1S/C14H17N3OS/c1-2-4-11(13-5-3-8-19-13)17-10-6-7-16-12(9-10)14(15)18/h3,5-9,11H,2,4H2,1H3,(H2,15,18)(H,16,17). The fourth-order valence-corrected chi connectivity index (χ4v) is 2.73. The van der Waals surface area contributed by atoms with Gasteiger partial charge in [-0.1, -0.05) is 19.4 Å². The van der Waals surface area contributed by atoms with E-state index in [1.807, 2.05) is 12.1 Å². The van der Waals surface area contributed by atoms with E-state index in [-0.39, 0.29) is 11.7 Å². The van der Waals surface area contributed by atoms with Crippen LogP contribution >= 0.6 is 11.3 Å². The van der Waals surface area contributed by atoms with Gasteiger partial charge in [0, 0.05) is 16.8 Å². The van der Waals surface area contributed by atoms with E-state index in [0.29, 0.717) is 0 Å². The number of primary amides is 1. The van der Waals surface area contributed by atoms with Gasteiger partial charge in [0.2, 0.25) is 0 Å². The minimum Gasteiger partial charge on any atom is -0.377 e. The highest BCUT2D eigenvalue weighted by molar-refractivity contribution is 7.10. The lowest BCUT2D eigenvalue weighted by molar-refractivity contribution is 0.0995. The minimum atomic E-state index is -0.508. The van der Waals surface area contributed by atoms with E-state index < -0.39 is 5.91 Å². The van der Waals surface area contributed by atoms with Crippen LogP contribution in [0.1, 0.15) is 41.2 Å². The van der Waals surface area contributed by atoms with Crippen molar-refractivity contribution in [2.24, 2.45) is 5.73 Å². The van der Waals surface area contributed by atoms with E-state index in [9.17, 15) is 4.79 Å². The summed E-state index contributed by atoms with van der Waals surface area (Å²) in [4.78, 5) is 16.4. The second-order valence-corrected chi connectivity index (χ2v) is 5.27. The van der Waals surface area contributed by atoms with Crippen LogP contribution in [0.2, 0.25) is 0 Å². The third-order valence-electron chi connectivity index (χ3n) is 2.82. The van der Waals surface area contributed by atoms with Gasteiger partial charge in [-0.05, 0) is 30.0 Å². The summed E-state index contributed by atoms with van der Waals surface area (Å²) in [6, 6.07) is 7.97. The zero-order valence-electron chi connectivity index (χ0n) is 10.8. The van der Waals surface area contributed by atoms with Gasteiger partial charge < -0.3 is 11.1 Å². The molecule has 0 aliphatic heterocycles. The smallest absolute Gasteiger partial charge is 0.267 e. The Morgan fingerprint density at radius 2 is 2.37 bits per heavy atom. The van der Waals surface area contributed by atoms with Gasteiger partial charge in [-0.2, -0.15) is 0 Å². The monoisotopic (exact) mass is 275 g/mol. The predicted octanol–water partition coefficient (Wildman–Crippen LogP) is 3.20. The fraction of sp³-hybridized carbons (Fsp3) is 0.286. The summed E-state index contributed by atoms with van der Waals surface area (Å²) in [7, 11) is 0. The molecule has 1 unspecified atom stereocenters. The van der Waals surface area contributed by atoms with Crippen molar-refractivity contribution in [3.8, 4) is 0 Å². The van der Waals surface area contributed by atoms with Gasteiger partial charge >= 0.3 is 0 Å². The van der Waals surface area contributed by atoms with Gasteiger partial charge in [-0.25, -0.2) is 0 Å². The number of rotatable bonds is 6. The molecule has 1 amide bonds. The Morgan fingerprint density at radius 3 is 3.00 bits per heavy atom. The number of nitrogens with zero attached hydrogens (tertiary/aromatic N) is 1. The number of carbonyl (C=O) groups excluding carboxylic acids is 1. The zero-order valence-corrected chi connectivity index (χ0v) is 11.6. The Bertz CT molecular complexity index is 539. The first-order chi connectivity index (χ1) is 9.20. The predicted molar refractivity (Wildman–Crippen MR) is 78.3 cm³/mol. The average molecular weight is 275 g/mol. The molecule has 0 aliphatic carbocycles. The van der Waals surface area contributed by atoms with Crippen LogP contribution in [0, 0.1) is 0 Å². The second-order valence-electron chi connectivity index (χ2n) is 4.30. The minimum absolute atomic E-state index is 0.258. The summed E-state index contributed by atoms with van der Waals surface area (Å²) >= 11 is 1.73. The second kappa shape index (κ2) is 6.33. The molecule has 4 nitrogen and oxygen atoms in total. The molecule has 2 aromatic heterocycles. The maximum absolute atomic E-state index is 11.1. The van der Waals surface area contributed by atoms with Gasteiger partial charge in [-0.15, -0.1) is 11.3 Å². The van der Waals surface area contributed by atoms with Crippen molar-refractivity contribution in [3.63, 3.8) is 0 Å². The number of aromatic nitrogens is 1. The molecule has 0 aliphatic rings. The number of anilines is 1. The number of hydrogen-bond donors (Lipinski definition) is 2. The van der Waals surface area contributed by atoms with Crippen molar-refractivity contribution in [1.29, 1.82) is 0 Å². The summed E-state index contributed by atoms with van der Waals surface area (Å²) < 4.78 is 0. The highest BCUT2D eigenvalue weighted by Gasteiger charge is 2.12. The molecule has 19 heavy (non-hydrogen) atoms. The summed E-state index contributed by atoms with van der Waals surface area (Å²) in [5, 5.41) is 5.51. The number of carbonyl (C=O) groups is 1. The van der Waals surface area contributed by atoms with Crippen molar-refractivity contribution >= 4 is 22.9 Å². The van der Waals surface area contributed by atoms with Crippen LogP contribution in [0.3, 0.4) is 0 Å². The van der Waals surface area contributed by atoms with Crippen LogP contribution in [-0.4, -0.2) is 10.9 Å². The highest BCUT2D eigenvalue weighted by atomic mass is 32.1. The molecular weight excluding hydrogens is 258 g/mol. The summed E-state index contributed by atoms with van der Waals surface area (Å²) in [5.41, 5.74) is 6.39. The van der Waals surface area contributed by atoms with E-state index in [4.69, 9.17) is 5.73 Å². The van der Waals surface area contributed by atoms with Gasteiger partial charge in [0.1, 0.15) is 5.69 Å². The molecule has 0 radical (unpaired) electrons. The third kappa shape index (κ3) is 3.54. The average Bonchev–Trinajstić information content (AvgIpc) is 2.92. The molecular formula is C14H17N3OS. The Balaban J connectivity index is 2.17. The molecule has 2 heterocycles. The SMILES string of the molecule is CCCC(Nc1ccnc(C(N)=O)c1)c1cccs1. The van der Waals surface area contributed by atoms with Gasteiger partial charge in [-0.3, -0.25) is 9.78 Å². The number of nitrogens with one attached hydrogen (secondary N) is 1. The van der Waals surface area contributed by atoms with E-state index in [2.05, 4.69) is 28.7 Å². The Morgan fingerprint density at radius 1 is 1.53 bits per heavy atom. The molecule has 0 aromatic carbocycles. The molecule has 2 rings (SSSR count). The number of amides is 1. The largest absolute Gasteiger partial charge is 0.377 e. The summed E-state index contributed by atoms with van der Waals surface area (Å²) in [6.45, 7) is 2.16. The normalized spacial score (nSPS) is 12.1. The number of pyridine rings is 1. The zero-order chi connectivity index (χ0) is 13.7. The maximum atomic E-state index is 11.1. The quantitative estimate of drug-likeness (QED) is 0.850. The summed E-state index contributed by atoms with van der Waals surface area (Å²) in [5.74, 6) is -0.508. The van der Waals surface area contributed by atoms with E-state index in [1.165, 1.54) is 4.88 Å². The van der Waals surface area contributed by atoms with Crippen LogP contribution < -0.4 is 11.1 Å². The topological polar surface area (TPSA) is 68.0 Å². The third-order valence-corrected chi connectivity index (χ3v) is 3.80. The first-order valence-electron chi connectivity index (χ1n) is 6.26. The van der Waals surface area contributed by atoms with Gasteiger partial charge in [0.15, 0.2) is 0 Å². The molecule has 0 fully saturated rings. The lowest BCUT2D eigenvalue weighted by Gasteiger charge is -2.18. The van der Waals surface area contributed by atoms with E-state index >= 15 is 0 Å². The van der Waals surface area contributed by atoms with E-state index in [0.717, 1.165) is 18.5 Å². The van der Waals surface area contributed by atoms with Gasteiger partial charge in [0.25, 0.3) is 5.91 Å². The number of nitrogens with two attached hydrogens (primary N) is 1. The van der Waals surface area contributed by atoms with Crippen molar-refractivity contribution in [3.05, 3.63) is 46.4 Å². The lowest BCUT2D eigenvalue weighted by Crippen LogP contribution is -2.14. The molecule has 0 saturated carbocycles. The Labute approximate surface area is 116 Å². The fourth-order valence-electron chi connectivity index (χ4n) is 1.92. The van der Waals surface area contributed by atoms with Crippen LogP contribution in [0.5, 0.6) is 0 Å². The van der Waals surface area contributed by atoms with Crippen molar-refractivity contribution in [1.82, 2.24) is 4.98 Å². The van der Waals surface area contributed by atoms with Crippen LogP contribution in [0.4, 0.5) is 5.69 Å². The lowest BCUT2D eigenvalue weighted by atomic mass is 10.1. The molecule has 3 N–H and O–H groups in total. The molecule has 0 saturated heterocycles. The maximum Gasteiger partial charge on any atom is 0.267 e. The Hall–Kier alpha value is -1.88. The summed E-state index contributed by atoms with van der Waals surface area (Å²) in [6.07, 6.45) is 3.72. The van der Waals surface area contributed by atoms with Crippen molar-refractivity contribution < 1.29 is 4.79 Å². The molecule has 0 spiro atoms. The molecule has 0 bridgehead atoms. The Kier molecular flexibility index (Phi) is 4.52. The highest BCUT2D eigenvalue weighted by Crippen LogP contribution is 2.27.